The molecular formula is C15H21N3. The first-order chi connectivity index (χ1) is 8.88. The van der Waals surface area contributed by atoms with Crippen LogP contribution < -0.4 is 10.2 Å². The maximum atomic E-state index is 4.79. The number of para-hydroxylation sites is 1. The highest BCUT2D eigenvalue weighted by Gasteiger charge is 2.24. The van der Waals surface area contributed by atoms with Crippen LogP contribution in [0.25, 0.3) is 0 Å². The molecule has 0 saturated heterocycles. The Kier molecular flexibility index (Phi) is 3.22. The van der Waals surface area contributed by atoms with Crippen molar-refractivity contribution in [3.05, 3.63) is 29.8 Å². The van der Waals surface area contributed by atoms with Crippen LogP contribution in [0.2, 0.25) is 0 Å². The molecule has 96 valence electrons. The number of nitrogens with zero attached hydrogens (tertiary/aromatic N) is 2. The van der Waals surface area contributed by atoms with Crippen LogP contribution in [0.3, 0.4) is 0 Å². The summed E-state index contributed by atoms with van der Waals surface area (Å²) in [6.45, 7) is 5.10. The van der Waals surface area contributed by atoms with Crippen LogP contribution in [0.15, 0.2) is 29.3 Å². The predicted octanol–water partition coefficient (Wildman–Crippen LogP) is 2.42. The fraction of sp³-hybridized carbons (Fsp3) is 0.533. The van der Waals surface area contributed by atoms with Crippen LogP contribution in [-0.2, 0) is 6.42 Å². The Bertz CT molecular complexity index is 449. The molecule has 1 fully saturated rings. The Balaban J connectivity index is 1.80. The summed E-state index contributed by atoms with van der Waals surface area (Å²) in [5.41, 5.74) is 2.77. The van der Waals surface area contributed by atoms with E-state index in [2.05, 4.69) is 41.4 Å². The van der Waals surface area contributed by atoms with E-state index in [9.17, 15) is 0 Å². The first-order valence-corrected chi connectivity index (χ1v) is 7.02. The number of benzene rings is 1. The van der Waals surface area contributed by atoms with Crippen molar-refractivity contribution in [1.29, 1.82) is 0 Å². The molecule has 1 aromatic rings. The smallest absolute Gasteiger partial charge is 0.198 e. The number of aliphatic imine (C=N–C) groups is 1. The molecule has 0 atom stereocenters. The number of hydrogen-bond donors (Lipinski definition) is 1. The molecule has 0 amide bonds. The largest absolute Gasteiger partial charge is 0.356 e. The van der Waals surface area contributed by atoms with E-state index in [4.69, 9.17) is 4.99 Å². The maximum absolute atomic E-state index is 4.79. The Morgan fingerprint density at radius 2 is 2.22 bits per heavy atom. The summed E-state index contributed by atoms with van der Waals surface area (Å²) in [7, 11) is 0. The highest BCUT2D eigenvalue weighted by atomic mass is 15.3. The second kappa shape index (κ2) is 5.01. The van der Waals surface area contributed by atoms with Gasteiger partial charge in [0.05, 0.1) is 0 Å². The van der Waals surface area contributed by atoms with Crippen LogP contribution in [-0.4, -0.2) is 25.6 Å². The second-order valence-corrected chi connectivity index (χ2v) is 5.17. The summed E-state index contributed by atoms with van der Waals surface area (Å²) in [5.74, 6) is 1.91. The monoisotopic (exact) mass is 243 g/mol. The number of guanidine groups is 1. The fourth-order valence-corrected chi connectivity index (χ4v) is 2.47. The van der Waals surface area contributed by atoms with Crippen molar-refractivity contribution in [3.8, 4) is 0 Å². The average molecular weight is 243 g/mol. The molecule has 1 aliphatic carbocycles. The molecule has 2 aliphatic rings. The van der Waals surface area contributed by atoms with Crippen LogP contribution >= 0.6 is 0 Å². The Morgan fingerprint density at radius 3 is 3.00 bits per heavy atom. The van der Waals surface area contributed by atoms with Gasteiger partial charge in [0.15, 0.2) is 5.96 Å². The maximum Gasteiger partial charge on any atom is 0.198 e. The average Bonchev–Trinajstić information content (AvgIpc) is 3.13. The van der Waals surface area contributed by atoms with E-state index < -0.39 is 0 Å². The van der Waals surface area contributed by atoms with Crippen molar-refractivity contribution in [3.63, 3.8) is 0 Å². The van der Waals surface area contributed by atoms with Gasteiger partial charge >= 0.3 is 0 Å². The molecule has 0 bridgehead atoms. The van der Waals surface area contributed by atoms with Crippen molar-refractivity contribution < 1.29 is 0 Å². The van der Waals surface area contributed by atoms with Gasteiger partial charge in [-0.25, -0.2) is 0 Å². The van der Waals surface area contributed by atoms with E-state index in [1.54, 1.807) is 0 Å². The molecule has 0 radical (unpaired) electrons. The zero-order chi connectivity index (χ0) is 12.4. The van der Waals surface area contributed by atoms with Gasteiger partial charge in [0.1, 0.15) is 0 Å². The van der Waals surface area contributed by atoms with Gasteiger partial charge in [-0.05, 0) is 43.7 Å². The lowest BCUT2D eigenvalue weighted by Gasteiger charge is -2.22. The molecule has 1 heterocycles. The van der Waals surface area contributed by atoms with Gasteiger partial charge in [-0.2, -0.15) is 0 Å². The lowest BCUT2D eigenvalue weighted by atomic mass is 10.2. The van der Waals surface area contributed by atoms with Crippen molar-refractivity contribution in [2.45, 2.75) is 26.2 Å². The van der Waals surface area contributed by atoms with Crippen LogP contribution in [0, 0.1) is 5.92 Å². The van der Waals surface area contributed by atoms with Gasteiger partial charge < -0.3 is 10.2 Å². The van der Waals surface area contributed by atoms with Crippen molar-refractivity contribution in [1.82, 2.24) is 5.32 Å². The third-order valence-electron chi connectivity index (χ3n) is 3.67. The molecule has 0 spiro atoms. The molecule has 1 N–H and O–H groups in total. The molecule has 0 aromatic heterocycles. The quantitative estimate of drug-likeness (QED) is 0.652. The Hall–Kier alpha value is -1.51. The molecule has 1 aliphatic heterocycles. The molecule has 3 heteroatoms. The number of hydrogen-bond acceptors (Lipinski definition) is 1. The van der Waals surface area contributed by atoms with E-state index in [1.807, 2.05) is 0 Å². The molecule has 3 rings (SSSR count). The van der Waals surface area contributed by atoms with Gasteiger partial charge in [0.2, 0.25) is 0 Å². The normalized spacial score (nSPS) is 18.9. The fourth-order valence-electron chi connectivity index (χ4n) is 2.47. The molecule has 18 heavy (non-hydrogen) atoms. The van der Waals surface area contributed by atoms with Gasteiger partial charge in [-0.1, -0.05) is 18.2 Å². The van der Waals surface area contributed by atoms with Crippen LogP contribution in [0.1, 0.15) is 25.3 Å². The number of rotatable bonds is 3. The minimum absolute atomic E-state index is 0.844. The van der Waals surface area contributed by atoms with E-state index in [-0.39, 0.29) is 0 Å². The third-order valence-corrected chi connectivity index (χ3v) is 3.67. The first kappa shape index (κ1) is 11.6. The third kappa shape index (κ3) is 2.35. The van der Waals surface area contributed by atoms with Gasteiger partial charge in [-0.3, -0.25) is 4.99 Å². The standard InChI is InChI=1S/C15H21N3/c1-2-16-15(17-11-12-7-8-12)18-10-9-13-5-3-4-6-14(13)18/h3-6,12H,2,7-11H2,1H3,(H,16,17). The van der Waals surface area contributed by atoms with Crippen LogP contribution in [0.4, 0.5) is 5.69 Å². The summed E-state index contributed by atoms with van der Waals surface area (Å²) in [6, 6.07) is 8.66. The van der Waals surface area contributed by atoms with Crippen molar-refractivity contribution in [2.75, 3.05) is 24.5 Å². The highest BCUT2D eigenvalue weighted by Crippen LogP contribution is 2.30. The SMILES string of the molecule is CCNC(=NCC1CC1)N1CCc2ccccc21. The molecular weight excluding hydrogens is 222 g/mol. The van der Waals surface area contributed by atoms with Crippen molar-refractivity contribution >= 4 is 11.6 Å². The summed E-state index contributed by atoms with van der Waals surface area (Å²) in [5, 5.41) is 3.42. The van der Waals surface area contributed by atoms with Crippen molar-refractivity contribution in [2.24, 2.45) is 10.9 Å². The van der Waals surface area contributed by atoms with Crippen LogP contribution in [0.5, 0.6) is 0 Å². The molecule has 1 saturated carbocycles. The Labute approximate surface area is 109 Å². The predicted molar refractivity (Wildman–Crippen MR) is 76.2 cm³/mol. The molecule has 1 aromatic carbocycles. The Morgan fingerprint density at radius 1 is 1.39 bits per heavy atom. The lowest BCUT2D eigenvalue weighted by Crippen LogP contribution is -2.40. The van der Waals surface area contributed by atoms with E-state index >= 15 is 0 Å². The summed E-state index contributed by atoms with van der Waals surface area (Å²) in [6.07, 6.45) is 3.85. The van der Waals surface area contributed by atoms with Gasteiger partial charge in [0.25, 0.3) is 0 Å². The minimum Gasteiger partial charge on any atom is -0.356 e. The van der Waals surface area contributed by atoms with Gasteiger partial charge in [0, 0.05) is 25.3 Å². The summed E-state index contributed by atoms with van der Waals surface area (Å²) < 4.78 is 0. The zero-order valence-electron chi connectivity index (χ0n) is 11.0. The topological polar surface area (TPSA) is 27.6 Å². The summed E-state index contributed by atoms with van der Waals surface area (Å²) in [4.78, 5) is 7.12. The van der Waals surface area contributed by atoms with E-state index in [1.165, 1.54) is 24.1 Å². The number of fused-ring (bicyclic) bond motifs is 1. The zero-order valence-corrected chi connectivity index (χ0v) is 11.0. The lowest BCUT2D eigenvalue weighted by molar-refractivity contribution is 0.817. The molecule has 0 unspecified atom stereocenters. The minimum atomic E-state index is 0.844. The number of anilines is 1. The van der Waals surface area contributed by atoms with Gasteiger partial charge in [-0.15, -0.1) is 0 Å². The van der Waals surface area contributed by atoms with E-state index in [0.717, 1.165) is 37.9 Å². The second-order valence-electron chi connectivity index (χ2n) is 5.17. The van der Waals surface area contributed by atoms with E-state index in [0.29, 0.717) is 0 Å². The first-order valence-electron chi connectivity index (χ1n) is 7.02. The number of nitrogens with one attached hydrogen (secondary N) is 1. The highest BCUT2D eigenvalue weighted by molar-refractivity contribution is 5.97. The molecule has 3 nitrogen and oxygen atoms in total. The summed E-state index contributed by atoms with van der Waals surface area (Å²) >= 11 is 0.